The lowest BCUT2D eigenvalue weighted by atomic mass is 10.2. The Morgan fingerprint density at radius 2 is 1.22 bits per heavy atom. The molecule has 0 aliphatic heterocycles. The van der Waals surface area contributed by atoms with Crippen molar-refractivity contribution in [2.24, 2.45) is 0 Å². The van der Waals surface area contributed by atoms with Crippen LogP contribution >= 0.6 is 8.25 Å². The predicted molar refractivity (Wildman–Crippen MR) is 35.4 cm³/mol. The standard InChI is InChI=1S/C4H10O.H3O3P/c1-4(2,3)5;1-4(2)3/h5H,1-3H3;4H,(H2,1,2,3). The number of hydrogen-bond donors (Lipinski definition) is 3. The lowest BCUT2D eigenvalue weighted by Crippen LogP contribution is -2.10. The molecule has 3 N–H and O–H groups in total. The van der Waals surface area contributed by atoms with Gasteiger partial charge in [-0.1, -0.05) is 0 Å². The van der Waals surface area contributed by atoms with E-state index in [1.165, 1.54) is 0 Å². The van der Waals surface area contributed by atoms with Crippen molar-refractivity contribution >= 4 is 8.25 Å². The van der Waals surface area contributed by atoms with Gasteiger partial charge in [0.15, 0.2) is 0 Å². The summed E-state index contributed by atoms with van der Waals surface area (Å²) in [6, 6.07) is 0. The fraction of sp³-hybridized carbons (Fsp3) is 1.00. The first kappa shape index (κ1) is 11.9. The summed E-state index contributed by atoms with van der Waals surface area (Å²) in [4.78, 5) is 14.3. The zero-order valence-corrected chi connectivity index (χ0v) is 6.75. The number of rotatable bonds is 0. The molecule has 0 atom stereocenters. The molecule has 9 heavy (non-hydrogen) atoms. The fourth-order valence-electron chi connectivity index (χ4n) is 0. The van der Waals surface area contributed by atoms with Gasteiger partial charge in [0, 0.05) is 0 Å². The summed E-state index contributed by atoms with van der Waals surface area (Å²) in [6.07, 6.45) is 0. The van der Waals surface area contributed by atoms with Gasteiger partial charge in [0.2, 0.25) is 0 Å². The Hall–Kier alpha value is 0.110. The zero-order valence-electron chi connectivity index (χ0n) is 5.75. The minimum atomic E-state index is -3.13. The van der Waals surface area contributed by atoms with Gasteiger partial charge in [-0.25, -0.2) is 0 Å². The van der Waals surface area contributed by atoms with Crippen LogP contribution in [0.3, 0.4) is 0 Å². The van der Waals surface area contributed by atoms with Crippen LogP contribution < -0.4 is 0 Å². The van der Waals surface area contributed by atoms with E-state index in [1.54, 1.807) is 20.8 Å². The van der Waals surface area contributed by atoms with E-state index in [0.717, 1.165) is 0 Å². The van der Waals surface area contributed by atoms with E-state index in [2.05, 4.69) is 0 Å². The highest BCUT2D eigenvalue weighted by atomic mass is 31.1. The molecule has 0 aromatic carbocycles. The van der Waals surface area contributed by atoms with Crippen LogP contribution in [0.2, 0.25) is 0 Å². The minimum absolute atomic E-state index is 0.500. The third-order valence-electron chi connectivity index (χ3n) is 0. The van der Waals surface area contributed by atoms with Crippen molar-refractivity contribution in [3.05, 3.63) is 0 Å². The molecule has 0 spiro atoms. The van der Waals surface area contributed by atoms with E-state index in [4.69, 9.17) is 19.5 Å². The van der Waals surface area contributed by atoms with Gasteiger partial charge in [0.05, 0.1) is 5.60 Å². The third-order valence-corrected chi connectivity index (χ3v) is 0. The molecule has 5 heteroatoms. The monoisotopic (exact) mass is 156 g/mol. The molecule has 0 amide bonds. The molecule has 0 aromatic rings. The highest BCUT2D eigenvalue weighted by Gasteiger charge is 1.97. The van der Waals surface area contributed by atoms with Crippen LogP contribution in [-0.2, 0) is 4.57 Å². The van der Waals surface area contributed by atoms with E-state index in [9.17, 15) is 0 Å². The van der Waals surface area contributed by atoms with Gasteiger partial charge in [-0.15, -0.1) is 0 Å². The van der Waals surface area contributed by atoms with Gasteiger partial charge in [-0.3, -0.25) is 4.57 Å². The van der Waals surface area contributed by atoms with Crippen LogP contribution in [-0.4, -0.2) is 20.5 Å². The summed E-state index contributed by atoms with van der Waals surface area (Å²) in [6.45, 7) is 5.23. The first-order valence-corrected chi connectivity index (χ1v) is 3.68. The smallest absolute Gasteiger partial charge is 0.314 e. The summed E-state index contributed by atoms with van der Waals surface area (Å²) < 4.78 is 8.74. The maximum absolute atomic E-state index is 8.74. The van der Waals surface area contributed by atoms with Gasteiger partial charge >= 0.3 is 8.25 Å². The Morgan fingerprint density at radius 3 is 1.22 bits per heavy atom. The number of hydrogen-bond acceptors (Lipinski definition) is 2. The summed E-state index contributed by atoms with van der Waals surface area (Å²) in [5.41, 5.74) is -0.500. The quantitative estimate of drug-likeness (QED) is 0.436. The van der Waals surface area contributed by atoms with Crippen molar-refractivity contribution in [2.75, 3.05) is 0 Å². The van der Waals surface area contributed by atoms with Gasteiger partial charge in [-0.2, -0.15) is 0 Å². The predicted octanol–water partition coefficient (Wildman–Crippen LogP) is 0.138. The minimum Gasteiger partial charge on any atom is -0.391 e. The molecule has 0 aromatic heterocycles. The Bertz CT molecular complexity index is 75.1. The molecular weight excluding hydrogens is 143 g/mol. The SMILES string of the molecule is CC(C)(C)O.O=[PH](O)O. The molecule has 0 bridgehead atoms. The molecule has 4 nitrogen and oxygen atoms in total. The zero-order chi connectivity index (χ0) is 8.08. The van der Waals surface area contributed by atoms with Crippen LogP contribution in [0.5, 0.6) is 0 Å². The molecule has 0 rings (SSSR count). The Labute approximate surface area is 55.1 Å². The van der Waals surface area contributed by atoms with Crippen molar-refractivity contribution in [3.8, 4) is 0 Å². The van der Waals surface area contributed by atoms with Crippen LogP contribution in [0.15, 0.2) is 0 Å². The van der Waals surface area contributed by atoms with Gasteiger partial charge in [-0.05, 0) is 20.8 Å². The van der Waals surface area contributed by atoms with Gasteiger partial charge < -0.3 is 14.9 Å². The second-order valence-corrected chi connectivity index (χ2v) is 3.02. The molecule has 0 saturated carbocycles. The van der Waals surface area contributed by atoms with E-state index in [0.29, 0.717) is 0 Å². The first-order chi connectivity index (χ1) is 3.73. The largest absolute Gasteiger partial charge is 0.391 e. The van der Waals surface area contributed by atoms with Crippen LogP contribution in [0.4, 0.5) is 0 Å². The lowest BCUT2D eigenvalue weighted by Gasteiger charge is -2.04. The highest BCUT2D eigenvalue weighted by Crippen LogP contribution is 1.98. The number of aliphatic hydroxyl groups is 1. The second kappa shape index (κ2) is 4.94. The molecule has 0 heterocycles. The molecule has 58 valence electrons. The Kier molecular flexibility index (Phi) is 6.51. The second-order valence-electron chi connectivity index (χ2n) is 2.45. The molecule has 0 fully saturated rings. The maximum atomic E-state index is 8.74. The summed E-state index contributed by atoms with van der Waals surface area (Å²) in [5, 5.41) is 8.52. The van der Waals surface area contributed by atoms with Crippen LogP contribution in [0, 0.1) is 0 Å². The first-order valence-electron chi connectivity index (χ1n) is 2.37. The van der Waals surface area contributed by atoms with E-state index in [-0.39, 0.29) is 0 Å². The van der Waals surface area contributed by atoms with Crippen molar-refractivity contribution in [1.82, 2.24) is 0 Å². The lowest BCUT2D eigenvalue weighted by molar-refractivity contribution is 0.102. The van der Waals surface area contributed by atoms with Crippen molar-refractivity contribution < 1.29 is 19.5 Å². The van der Waals surface area contributed by atoms with E-state index in [1.807, 2.05) is 0 Å². The highest BCUT2D eigenvalue weighted by molar-refractivity contribution is 7.30. The Morgan fingerprint density at radius 1 is 1.22 bits per heavy atom. The summed E-state index contributed by atoms with van der Waals surface area (Å²) >= 11 is 0. The molecule has 0 aliphatic carbocycles. The fourth-order valence-corrected chi connectivity index (χ4v) is 0. The summed E-state index contributed by atoms with van der Waals surface area (Å²) in [7, 11) is -3.13. The maximum Gasteiger partial charge on any atom is 0.314 e. The average molecular weight is 156 g/mol. The van der Waals surface area contributed by atoms with E-state index >= 15 is 0 Å². The van der Waals surface area contributed by atoms with Crippen molar-refractivity contribution in [3.63, 3.8) is 0 Å². The van der Waals surface area contributed by atoms with Crippen LogP contribution in [0.25, 0.3) is 0 Å². The topological polar surface area (TPSA) is 77.8 Å². The average Bonchev–Trinajstić information content (AvgIpc) is 1.19. The molecule has 0 radical (unpaired) electrons. The molecule has 0 saturated heterocycles. The van der Waals surface area contributed by atoms with Crippen LogP contribution in [0.1, 0.15) is 20.8 Å². The summed E-state index contributed by atoms with van der Waals surface area (Å²) in [5.74, 6) is 0. The van der Waals surface area contributed by atoms with E-state index < -0.39 is 13.9 Å². The molecule has 0 aliphatic rings. The normalized spacial score (nSPS) is 10.6. The van der Waals surface area contributed by atoms with Crippen molar-refractivity contribution in [2.45, 2.75) is 26.4 Å². The Balaban J connectivity index is 0. The third kappa shape index (κ3) is 25000. The molecule has 0 unspecified atom stereocenters. The van der Waals surface area contributed by atoms with Gasteiger partial charge in [0.25, 0.3) is 0 Å². The molecular formula is C4H13O4P. The van der Waals surface area contributed by atoms with Gasteiger partial charge in [0.1, 0.15) is 0 Å². The van der Waals surface area contributed by atoms with Crippen molar-refractivity contribution in [1.29, 1.82) is 0 Å².